The first-order valence-electron chi connectivity index (χ1n) is 8.77. The minimum Gasteiger partial charge on any atom is -0.306 e. The van der Waals surface area contributed by atoms with Crippen molar-refractivity contribution in [3.8, 4) is 0 Å². The third-order valence-corrected chi connectivity index (χ3v) is 8.70. The molecule has 1 spiro atoms. The fourth-order valence-electron chi connectivity index (χ4n) is 4.21. The Bertz CT molecular complexity index is 825. The molecule has 1 aliphatic carbocycles. The summed E-state index contributed by atoms with van der Waals surface area (Å²) in [6.45, 7) is 1.87. The van der Waals surface area contributed by atoms with Crippen LogP contribution in [0.4, 0.5) is 0 Å². The first-order valence-corrected chi connectivity index (χ1v) is 11.6. The molecular weight excluding hydrogens is 405 g/mol. The van der Waals surface area contributed by atoms with Crippen molar-refractivity contribution in [2.24, 2.45) is 5.41 Å². The quantitative estimate of drug-likeness (QED) is 0.446. The fraction of sp³-hybridized carbons (Fsp3) is 0.450. The Balaban J connectivity index is 1.83. The molecule has 0 N–H and O–H groups in total. The monoisotopic (exact) mass is 425 g/mol. The Hall–Kier alpha value is -0.390. The van der Waals surface area contributed by atoms with Gasteiger partial charge in [-0.05, 0) is 63.0 Å². The van der Waals surface area contributed by atoms with E-state index in [1.807, 2.05) is 6.08 Å². The summed E-state index contributed by atoms with van der Waals surface area (Å²) in [6, 6.07) is 6.37. The van der Waals surface area contributed by atoms with Crippen molar-refractivity contribution >= 4 is 52.5 Å². The van der Waals surface area contributed by atoms with Gasteiger partial charge in [-0.1, -0.05) is 29.4 Å². The van der Waals surface area contributed by atoms with Crippen molar-refractivity contribution in [1.82, 2.24) is 4.90 Å². The number of carbonyl (C=O) groups is 1. The summed E-state index contributed by atoms with van der Waals surface area (Å²) in [4.78, 5) is 19.0. The Labute approximate surface area is 173 Å². The van der Waals surface area contributed by atoms with Gasteiger partial charge in [-0.2, -0.15) is 0 Å². The highest BCUT2D eigenvalue weighted by Crippen LogP contribution is 2.55. The number of hydrogen-bond donors (Lipinski definition) is 0. The van der Waals surface area contributed by atoms with Gasteiger partial charge in [-0.3, -0.25) is 4.79 Å². The summed E-state index contributed by atoms with van der Waals surface area (Å²) in [6.07, 6.45) is 6.20. The molecular formula is C20H21Cl2NOS2. The highest BCUT2D eigenvalue weighted by molar-refractivity contribution is 8.03. The van der Waals surface area contributed by atoms with Crippen LogP contribution in [-0.2, 0) is 11.2 Å². The molecule has 1 aromatic rings. The van der Waals surface area contributed by atoms with E-state index in [1.165, 1.54) is 4.90 Å². The van der Waals surface area contributed by atoms with Crippen LogP contribution in [0.2, 0.25) is 0 Å². The van der Waals surface area contributed by atoms with Gasteiger partial charge in [0.2, 0.25) is 0 Å². The lowest BCUT2D eigenvalue weighted by Crippen LogP contribution is -2.47. The smallest absolute Gasteiger partial charge is 0.165 e. The molecule has 1 fully saturated rings. The van der Waals surface area contributed by atoms with Crippen molar-refractivity contribution in [2.75, 3.05) is 26.4 Å². The average molecular weight is 426 g/mol. The number of allylic oxidation sites excluding steroid dienone is 3. The topological polar surface area (TPSA) is 20.3 Å². The first-order chi connectivity index (χ1) is 12.4. The molecule has 1 saturated heterocycles. The summed E-state index contributed by atoms with van der Waals surface area (Å²) >= 11 is 16.8. The van der Waals surface area contributed by atoms with Crippen LogP contribution in [-0.4, -0.2) is 42.5 Å². The maximum absolute atomic E-state index is 13.4. The highest BCUT2D eigenvalue weighted by atomic mass is 35.5. The lowest BCUT2D eigenvalue weighted by atomic mass is 9.66. The number of rotatable bonds is 1. The standard InChI is InChI=1S/C20H21Cl2NOS2/c1-23-7-5-20(6-8-23)18-15(24)9-12-3-4-13(25-2)10-16(12)26-17(18)11-14(21)19(20)22/h3-4,10-11,19H,5-9H2,1-2H3. The summed E-state index contributed by atoms with van der Waals surface area (Å²) in [5, 5.41) is 0.351. The zero-order valence-electron chi connectivity index (χ0n) is 14.9. The molecule has 1 unspecified atom stereocenters. The predicted octanol–water partition coefficient (Wildman–Crippen LogP) is 5.34. The van der Waals surface area contributed by atoms with E-state index in [9.17, 15) is 4.79 Å². The normalized spacial score (nSPS) is 25.6. The van der Waals surface area contributed by atoms with Crippen LogP contribution in [0.3, 0.4) is 0 Å². The third kappa shape index (κ3) is 3.08. The molecule has 1 aromatic carbocycles. The van der Waals surface area contributed by atoms with Crippen molar-refractivity contribution in [3.05, 3.63) is 45.3 Å². The van der Waals surface area contributed by atoms with E-state index in [4.69, 9.17) is 23.2 Å². The second-order valence-corrected chi connectivity index (χ2v) is 10.1. The van der Waals surface area contributed by atoms with E-state index < -0.39 is 0 Å². The zero-order valence-corrected chi connectivity index (χ0v) is 18.0. The highest BCUT2D eigenvalue weighted by Gasteiger charge is 2.50. The van der Waals surface area contributed by atoms with Crippen molar-refractivity contribution in [2.45, 2.75) is 34.4 Å². The minimum absolute atomic E-state index is 0.207. The van der Waals surface area contributed by atoms with E-state index in [2.05, 4.69) is 36.4 Å². The number of ketones is 1. The number of nitrogens with zero attached hydrogens (tertiary/aromatic N) is 1. The molecule has 6 heteroatoms. The number of hydrogen-bond acceptors (Lipinski definition) is 4. The Morgan fingerprint density at radius 2 is 2.04 bits per heavy atom. The molecule has 3 aliphatic rings. The Kier molecular flexibility index (Phi) is 5.26. The predicted molar refractivity (Wildman–Crippen MR) is 113 cm³/mol. The Morgan fingerprint density at radius 3 is 2.73 bits per heavy atom. The van der Waals surface area contributed by atoms with Gasteiger partial charge in [0.05, 0.1) is 5.38 Å². The summed E-state index contributed by atoms with van der Waals surface area (Å²) < 4.78 is 0. The molecule has 26 heavy (non-hydrogen) atoms. The van der Waals surface area contributed by atoms with Crippen LogP contribution in [0.5, 0.6) is 0 Å². The Morgan fingerprint density at radius 1 is 1.31 bits per heavy atom. The molecule has 2 nitrogen and oxygen atoms in total. The van der Waals surface area contributed by atoms with Crippen molar-refractivity contribution < 1.29 is 4.79 Å². The van der Waals surface area contributed by atoms with Crippen LogP contribution in [0.15, 0.2) is 49.6 Å². The number of alkyl halides is 1. The molecule has 138 valence electrons. The average Bonchev–Trinajstić information content (AvgIpc) is 2.76. The summed E-state index contributed by atoms with van der Waals surface area (Å²) in [7, 11) is 2.12. The first kappa shape index (κ1) is 18.9. The number of piperidine rings is 1. The molecule has 0 aromatic heterocycles. The molecule has 2 aliphatic heterocycles. The summed E-state index contributed by atoms with van der Waals surface area (Å²) in [5.41, 5.74) is 1.68. The van der Waals surface area contributed by atoms with E-state index in [0.29, 0.717) is 11.5 Å². The second-order valence-electron chi connectivity index (χ2n) is 7.27. The number of benzene rings is 1. The number of likely N-dealkylation sites (tertiary alicyclic amines) is 1. The van der Waals surface area contributed by atoms with Crippen LogP contribution >= 0.6 is 46.7 Å². The second kappa shape index (κ2) is 7.21. The van der Waals surface area contributed by atoms with Crippen molar-refractivity contribution in [3.63, 3.8) is 0 Å². The van der Waals surface area contributed by atoms with E-state index in [1.54, 1.807) is 23.5 Å². The van der Waals surface area contributed by atoms with E-state index >= 15 is 0 Å². The van der Waals surface area contributed by atoms with Crippen LogP contribution in [0, 0.1) is 5.41 Å². The van der Waals surface area contributed by atoms with Crippen molar-refractivity contribution in [1.29, 1.82) is 0 Å². The van der Waals surface area contributed by atoms with Gasteiger partial charge in [0, 0.05) is 37.1 Å². The molecule has 4 rings (SSSR count). The largest absolute Gasteiger partial charge is 0.306 e. The van der Waals surface area contributed by atoms with Gasteiger partial charge >= 0.3 is 0 Å². The molecule has 1 atom stereocenters. The molecule has 0 saturated carbocycles. The van der Waals surface area contributed by atoms with E-state index in [-0.39, 0.29) is 16.6 Å². The lowest BCUT2D eigenvalue weighted by molar-refractivity contribution is -0.116. The van der Waals surface area contributed by atoms with Crippen LogP contribution < -0.4 is 0 Å². The maximum Gasteiger partial charge on any atom is 0.165 e. The fourth-order valence-corrected chi connectivity index (χ4v) is 6.79. The number of Topliss-reactive ketones (excluding diaryl/α,β-unsaturated/α-hetero) is 1. The van der Waals surface area contributed by atoms with Gasteiger partial charge in [-0.15, -0.1) is 23.4 Å². The van der Waals surface area contributed by atoms with Gasteiger partial charge in [0.1, 0.15) is 0 Å². The van der Waals surface area contributed by atoms with Crippen LogP contribution in [0.25, 0.3) is 0 Å². The van der Waals surface area contributed by atoms with Gasteiger partial charge < -0.3 is 4.90 Å². The maximum atomic E-state index is 13.4. The zero-order chi connectivity index (χ0) is 18.5. The molecule has 0 amide bonds. The molecule has 0 bridgehead atoms. The van der Waals surface area contributed by atoms with E-state index in [0.717, 1.165) is 46.9 Å². The van der Waals surface area contributed by atoms with Gasteiger partial charge in [0.15, 0.2) is 5.78 Å². The minimum atomic E-state index is -0.344. The van der Waals surface area contributed by atoms with Gasteiger partial charge in [0.25, 0.3) is 0 Å². The lowest BCUT2D eigenvalue weighted by Gasteiger charge is -2.46. The number of halogens is 2. The van der Waals surface area contributed by atoms with Gasteiger partial charge in [-0.25, -0.2) is 0 Å². The van der Waals surface area contributed by atoms with Crippen LogP contribution in [0.1, 0.15) is 18.4 Å². The number of fused-ring (bicyclic) bond motifs is 2. The summed E-state index contributed by atoms with van der Waals surface area (Å²) in [5.74, 6) is 0.207. The molecule has 0 radical (unpaired) electrons. The number of carbonyl (C=O) groups excluding carboxylic acids is 1. The SMILES string of the molecule is CSc1ccc2c(c1)SC1=C(C(=O)C2)C2(CCN(C)CC2)C(Cl)C(Cl)=C1. The molecule has 2 heterocycles. The third-order valence-electron chi connectivity index (χ3n) is 5.74. The number of thioether (sulfide) groups is 2.